The molecule has 2 amide bonds. The van der Waals surface area contributed by atoms with Gasteiger partial charge in [0.15, 0.2) is 0 Å². The molecule has 1 aromatic heterocycles. The van der Waals surface area contributed by atoms with Gasteiger partial charge in [-0.1, -0.05) is 48.0 Å². The molecule has 1 heterocycles. The average Bonchev–Trinajstić information content (AvgIpc) is 2.81. The Morgan fingerprint density at radius 2 is 1.76 bits per heavy atom. The Bertz CT molecular complexity index is 1240. The van der Waals surface area contributed by atoms with Gasteiger partial charge in [0, 0.05) is 23.0 Å². The average molecular weight is 462 g/mol. The molecule has 4 aromatic rings. The zero-order chi connectivity index (χ0) is 23.2. The van der Waals surface area contributed by atoms with E-state index < -0.39 is 11.8 Å². The molecule has 4 rings (SSSR count). The van der Waals surface area contributed by atoms with Gasteiger partial charge in [-0.25, -0.2) is 19.1 Å². The van der Waals surface area contributed by atoms with E-state index in [-0.39, 0.29) is 6.04 Å². The number of hydrogen-bond acceptors (Lipinski definition) is 4. The Labute approximate surface area is 196 Å². The third-order valence-electron chi connectivity index (χ3n) is 4.88. The molecule has 0 aliphatic carbocycles. The van der Waals surface area contributed by atoms with Crippen LogP contribution in [0.25, 0.3) is 0 Å². The predicted molar refractivity (Wildman–Crippen MR) is 130 cm³/mol. The molecular weight excluding hydrogens is 441 g/mol. The van der Waals surface area contributed by atoms with E-state index in [0.717, 1.165) is 5.56 Å². The van der Waals surface area contributed by atoms with Crippen molar-refractivity contribution in [2.24, 2.45) is 0 Å². The lowest BCUT2D eigenvalue weighted by molar-refractivity contribution is 0.259. The van der Waals surface area contributed by atoms with Crippen LogP contribution in [0.5, 0.6) is 0 Å². The number of aromatic nitrogens is 2. The number of urea groups is 1. The molecule has 0 spiro atoms. The first-order chi connectivity index (χ1) is 16.0. The number of benzene rings is 3. The minimum absolute atomic E-state index is 0.0546. The van der Waals surface area contributed by atoms with Crippen molar-refractivity contribution in [1.82, 2.24) is 9.97 Å². The maximum atomic E-state index is 13.5. The summed E-state index contributed by atoms with van der Waals surface area (Å²) in [5.41, 5.74) is 2.03. The Balaban J connectivity index is 1.64. The van der Waals surface area contributed by atoms with Gasteiger partial charge in [-0.05, 0) is 55.0 Å². The number of carbonyl (C=O) groups is 1. The third kappa shape index (κ3) is 5.64. The minimum Gasteiger partial charge on any atom is -0.348 e. The first kappa shape index (κ1) is 22.2. The van der Waals surface area contributed by atoms with Crippen molar-refractivity contribution in [1.29, 1.82) is 0 Å². The number of hydrogen-bond donors (Lipinski definition) is 2. The van der Waals surface area contributed by atoms with Crippen LogP contribution in [-0.4, -0.2) is 16.0 Å². The summed E-state index contributed by atoms with van der Waals surface area (Å²) in [6, 6.07) is 23.3. The van der Waals surface area contributed by atoms with Crippen molar-refractivity contribution in [3.63, 3.8) is 0 Å². The molecule has 0 saturated heterocycles. The molecule has 33 heavy (non-hydrogen) atoms. The molecule has 3 aromatic carbocycles. The van der Waals surface area contributed by atoms with Crippen molar-refractivity contribution in [3.05, 3.63) is 108 Å². The molecule has 6 nitrogen and oxygen atoms in total. The van der Waals surface area contributed by atoms with Crippen LogP contribution in [0.1, 0.15) is 18.5 Å². The highest BCUT2D eigenvalue weighted by atomic mass is 35.5. The second kappa shape index (κ2) is 10.1. The van der Waals surface area contributed by atoms with Crippen molar-refractivity contribution in [2.45, 2.75) is 13.0 Å². The van der Waals surface area contributed by atoms with Crippen LogP contribution in [0.4, 0.5) is 32.3 Å². The summed E-state index contributed by atoms with van der Waals surface area (Å²) in [4.78, 5) is 23.4. The first-order valence-electron chi connectivity index (χ1n) is 10.3. The number of amides is 2. The van der Waals surface area contributed by atoms with E-state index in [0.29, 0.717) is 28.2 Å². The Hall–Kier alpha value is -3.97. The Morgan fingerprint density at radius 1 is 1.00 bits per heavy atom. The van der Waals surface area contributed by atoms with Gasteiger partial charge in [-0.3, -0.25) is 0 Å². The van der Waals surface area contributed by atoms with Gasteiger partial charge in [0.2, 0.25) is 5.95 Å². The van der Waals surface area contributed by atoms with Crippen LogP contribution in [-0.2, 0) is 0 Å². The van der Waals surface area contributed by atoms with E-state index in [1.54, 1.807) is 36.5 Å². The fraction of sp³-hybridized carbons (Fsp3) is 0.0800. The van der Waals surface area contributed by atoms with Gasteiger partial charge in [0.1, 0.15) is 11.6 Å². The number of nitrogens with zero attached hydrogens (tertiary/aromatic N) is 3. The molecule has 8 heteroatoms. The SMILES string of the molecule is C[C@H](Nc1nccc(N(C(=O)Nc2cccc(Cl)c2)c2ccc(F)cc2)n1)c1ccccc1. The fourth-order valence-corrected chi connectivity index (χ4v) is 3.44. The molecule has 166 valence electrons. The van der Waals surface area contributed by atoms with Crippen LogP contribution < -0.4 is 15.5 Å². The number of nitrogens with one attached hydrogen (secondary N) is 2. The van der Waals surface area contributed by atoms with E-state index in [9.17, 15) is 9.18 Å². The predicted octanol–water partition coefficient (Wildman–Crippen LogP) is 6.81. The molecule has 0 aliphatic heterocycles. The number of anilines is 4. The van der Waals surface area contributed by atoms with Gasteiger partial charge in [-0.15, -0.1) is 0 Å². The molecule has 2 N–H and O–H groups in total. The molecule has 0 fully saturated rings. The lowest BCUT2D eigenvalue weighted by Gasteiger charge is -2.23. The summed E-state index contributed by atoms with van der Waals surface area (Å²) >= 11 is 6.04. The molecule has 0 radical (unpaired) electrons. The van der Waals surface area contributed by atoms with Crippen LogP contribution in [0.2, 0.25) is 5.02 Å². The van der Waals surface area contributed by atoms with Crippen molar-refractivity contribution in [2.75, 3.05) is 15.5 Å². The standard InChI is InChI=1S/C25H21ClFN5O/c1-17(18-6-3-2-4-7-18)29-24-28-15-14-23(31-24)32(22-12-10-20(27)11-13-22)25(33)30-21-9-5-8-19(26)16-21/h2-17H,1H3,(H,30,33)(H,28,29,31)/t17-/m0/s1. The van der Waals surface area contributed by atoms with Crippen LogP contribution in [0, 0.1) is 5.82 Å². The molecule has 0 saturated carbocycles. The lowest BCUT2D eigenvalue weighted by atomic mass is 10.1. The normalized spacial score (nSPS) is 11.5. The van der Waals surface area contributed by atoms with Gasteiger partial charge in [-0.2, -0.15) is 4.98 Å². The van der Waals surface area contributed by atoms with Crippen LogP contribution >= 0.6 is 11.6 Å². The molecule has 0 bridgehead atoms. The van der Waals surface area contributed by atoms with Crippen molar-refractivity contribution >= 4 is 40.8 Å². The van der Waals surface area contributed by atoms with Crippen molar-refractivity contribution in [3.8, 4) is 0 Å². The summed E-state index contributed by atoms with van der Waals surface area (Å²) in [5.74, 6) is 0.265. The highest BCUT2D eigenvalue weighted by molar-refractivity contribution is 6.31. The summed E-state index contributed by atoms with van der Waals surface area (Å²) in [6.07, 6.45) is 1.56. The van der Waals surface area contributed by atoms with Crippen LogP contribution in [0.3, 0.4) is 0 Å². The zero-order valence-electron chi connectivity index (χ0n) is 17.7. The number of carbonyl (C=O) groups excluding carboxylic acids is 1. The molecule has 1 atom stereocenters. The summed E-state index contributed by atoms with van der Waals surface area (Å²) < 4.78 is 13.5. The van der Waals surface area contributed by atoms with E-state index in [4.69, 9.17) is 11.6 Å². The Morgan fingerprint density at radius 3 is 2.48 bits per heavy atom. The second-order valence-corrected chi connectivity index (χ2v) is 7.70. The van der Waals surface area contributed by atoms with Gasteiger partial charge >= 0.3 is 6.03 Å². The number of rotatable bonds is 6. The molecule has 0 aliphatic rings. The monoisotopic (exact) mass is 461 g/mol. The molecule has 0 unspecified atom stereocenters. The summed E-state index contributed by atoms with van der Waals surface area (Å²) in [7, 11) is 0. The zero-order valence-corrected chi connectivity index (χ0v) is 18.5. The maximum absolute atomic E-state index is 13.5. The first-order valence-corrected chi connectivity index (χ1v) is 10.6. The van der Waals surface area contributed by atoms with Gasteiger partial charge in [0.25, 0.3) is 0 Å². The minimum atomic E-state index is -0.482. The van der Waals surface area contributed by atoms with E-state index in [1.807, 2.05) is 37.3 Å². The van der Waals surface area contributed by atoms with Gasteiger partial charge in [0.05, 0.1) is 11.7 Å². The van der Waals surface area contributed by atoms with Gasteiger partial charge < -0.3 is 10.6 Å². The lowest BCUT2D eigenvalue weighted by Crippen LogP contribution is -2.31. The molecular formula is C25H21ClFN5O. The summed E-state index contributed by atoms with van der Waals surface area (Å²) in [6.45, 7) is 2.00. The highest BCUT2D eigenvalue weighted by Gasteiger charge is 2.21. The Kier molecular flexibility index (Phi) is 6.80. The number of halogens is 2. The van der Waals surface area contributed by atoms with Crippen LogP contribution in [0.15, 0.2) is 91.1 Å². The second-order valence-electron chi connectivity index (χ2n) is 7.27. The van der Waals surface area contributed by atoms with E-state index >= 15 is 0 Å². The van der Waals surface area contributed by atoms with E-state index in [1.165, 1.54) is 29.2 Å². The third-order valence-corrected chi connectivity index (χ3v) is 5.11. The smallest absolute Gasteiger partial charge is 0.332 e. The summed E-state index contributed by atoms with van der Waals surface area (Å²) in [5, 5.41) is 6.55. The van der Waals surface area contributed by atoms with Crippen molar-refractivity contribution < 1.29 is 9.18 Å². The van der Waals surface area contributed by atoms with E-state index in [2.05, 4.69) is 20.6 Å². The maximum Gasteiger partial charge on any atom is 0.332 e. The fourth-order valence-electron chi connectivity index (χ4n) is 3.25. The topological polar surface area (TPSA) is 70.2 Å². The largest absolute Gasteiger partial charge is 0.348 e. The quantitative estimate of drug-likeness (QED) is 0.331. The highest BCUT2D eigenvalue weighted by Crippen LogP contribution is 2.27.